The van der Waals surface area contributed by atoms with E-state index in [1.54, 1.807) is 11.4 Å². The molecule has 21 heavy (non-hydrogen) atoms. The van der Waals surface area contributed by atoms with Gasteiger partial charge in [0.2, 0.25) is 0 Å². The molecule has 2 rings (SSSR count). The molecule has 0 spiro atoms. The van der Waals surface area contributed by atoms with Crippen LogP contribution in [0.4, 0.5) is 18.9 Å². The van der Waals surface area contributed by atoms with Crippen molar-refractivity contribution in [3.05, 3.63) is 51.5 Å². The van der Waals surface area contributed by atoms with Gasteiger partial charge in [-0.3, -0.25) is 4.79 Å². The van der Waals surface area contributed by atoms with Gasteiger partial charge in [0, 0.05) is 17.7 Å². The van der Waals surface area contributed by atoms with Gasteiger partial charge >= 0.3 is 0 Å². The Labute approximate surface area is 122 Å². The normalized spacial score (nSPS) is 9.90. The Kier molecular flexibility index (Phi) is 4.62. The van der Waals surface area contributed by atoms with E-state index >= 15 is 0 Å². The van der Waals surface area contributed by atoms with Gasteiger partial charge < -0.3 is 10.4 Å². The van der Waals surface area contributed by atoms with Gasteiger partial charge in [-0.05, 0) is 11.4 Å². The standard InChI is InChI=1S/C14H8F3NO2S/c15-9-6-11(17)12(7-10(9)16)18-14(20)13-8(2-1-4-19)3-5-21-13/h3,5-7,19H,4H2,(H,18,20). The zero-order valence-electron chi connectivity index (χ0n) is 10.4. The molecular weight excluding hydrogens is 303 g/mol. The summed E-state index contributed by atoms with van der Waals surface area (Å²) in [7, 11) is 0. The van der Waals surface area contributed by atoms with Crippen LogP contribution in [0.5, 0.6) is 0 Å². The number of aliphatic hydroxyl groups excluding tert-OH is 1. The van der Waals surface area contributed by atoms with Gasteiger partial charge in [0.05, 0.1) is 5.69 Å². The number of halogens is 3. The molecule has 0 saturated carbocycles. The van der Waals surface area contributed by atoms with Crippen molar-refractivity contribution < 1.29 is 23.1 Å². The van der Waals surface area contributed by atoms with Crippen LogP contribution in [0.2, 0.25) is 0 Å². The number of thiophene rings is 1. The fraction of sp³-hybridized carbons (Fsp3) is 0.0714. The molecular formula is C14H8F3NO2S. The first kappa shape index (κ1) is 15.1. The molecule has 1 aromatic carbocycles. The molecule has 0 fully saturated rings. The number of carbonyl (C=O) groups excluding carboxylic acids is 1. The van der Waals surface area contributed by atoms with Gasteiger partial charge in [0.25, 0.3) is 5.91 Å². The summed E-state index contributed by atoms with van der Waals surface area (Å²) >= 11 is 1.05. The van der Waals surface area contributed by atoms with E-state index in [2.05, 4.69) is 17.2 Å². The number of hydrogen-bond acceptors (Lipinski definition) is 3. The Morgan fingerprint density at radius 1 is 1.24 bits per heavy atom. The number of rotatable bonds is 2. The molecule has 0 saturated heterocycles. The third-order valence-corrected chi connectivity index (χ3v) is 3.34. The summed E-state index contributed by atoms with van der Waals surface area (Å²) in [6, 6.07) is 2.48. The summed E-state index contributed by atoms with van der Waals surface area (Å²) in [4.78, 5) is 12.2. The average Bonchev–Trinajstić information content (AvgIpc) is 2.91. The third kappa shape index (κ3) is 3.42. The monoisotopic (exact) mass is 311 g/mol. The molecule has 7 heteroatoms. The molecule has 0 aliphatic carbocycles. The van der Waals surface area contributed by atoms with Crippen molar-refractivity contribution in [2.75, 3.05) is 11.9 Å². The van der Waals surface area contributed by atoms with Gasteiger partial charge in [-0.15, -0.1) is 11.3 Å². The van der Waals surface area contributed by atoms with Crippen molar-refractivity contribution in [1.29, 1.82) is 0 Å². The maximum Gasteiger partial charge on any atom is 0.267 e. The van der Waals surface area contributed by atoms with E-state index in [0.29, 0.717) is 17.7 Å². The minimum atomic E-state index is -1.34. The van der Waals surface area contributed by atoms with Crippen LogP contribution in [0, 0.1) is 29.3 Å². The molecule has 0 radical (unpaired) electrons. The molecule has 2 N–H and O–H groups in total. The second-order valence-corrected chi connectivity index (χ2v) is 4.74. The third-order valence-electron chi connectivity index (χ3n) is 2.43. The Morgan fingerprint density at radius 3 is 2.67 bits per heavy atom. The molecule has 1 amide bonds. The Hall–Kier alpha value is -2.30. The Morgan fingerprint density at radius 2 is 1.95 bits per heavy atom. The molecule has 0 aliphatic heterocycles. The van der Waals surface area contributed by atoms with Crippen molar-refractivity contribution in [3.8, 4) is 11.8 Å². The summed E-state index contributed by atoms with van der Waals surface area (Å²) in [5, 5.41) is 12.4. The van der Waals surface area contributed by atoms with Crippen molar-refractivity contribution in [1.82, 2.24) is 0 Å². The SMILES string of the molecule is O=C(Nc1cc(F)c(F)cc1F)c1sccc1C#CCO. The first-order chi connectivity index (χ1) is 10.0. The van der Waals surface area contributed by atoms with E-state index in [9.17, 15) is 18.0 Å². The summed E-state index contributed by atoms with van der Waals surface area (Å²) in [5.74, 6) is 0.572. The van der Waals surface area contributed by atoms with Gasteiger partial charge in [-0.25, -0.2) is 13.2 Å². The smallest absolute Gasteiger partial charge is 0.267 e. The van der Waals surface area contributed by atoms with Crippen LogP contribution >= 0.6 is 11.3 Å². The summed E-state index contributed by atoms with van der Waals surface area (Å²) in [6.45, 7) is -0.366. The minimum Gasteiger partial charge on any atom is -0.384 e. The molecule has 3 nitrogen and oxygen atoms in total. The number of benzene rings is 1. The number of amides is 1. The lowest BCUT2D eigenvalue weighted by Gasteiger charge is -2.06. The largest absolute Gasteiger partial charge is 0.384 e. The van der Waals surface area contributed by atoms with E-state index in [-0.39, 0.29) is 11.5 Å². The molecule has 1 heterocycles. The van der Waals surface area contributed by atoms with Crippen LogP contribution in [-0.4, -0.2) is 17.6 Å². The molecule has 1 aromatic heterocycles. The topological polar surface area (TPSA) is 49.3 Å². The molecule has 0 bridgehead atoms. The second-order valence-electron chi connectivity index (χ2n) is 3.82. The van der Waals surface area contributed by atoms with Crippen LogP contribution in [-0.2, 0) is 0 Å². The van der Waals surface area contributed by atoms with Crippen molar-refractivity contribution in [2.24, 2.45) is 0 Å². The van der Waals surface area contributed by atoms with E-state index in [0.717, 1.165) is 11.3 Å². The van der Waals surface area contributed by atoms with E-state index in [4.69, 9.17) is 5.11 Å². The summed E-state index contributed by atoms with van der Waals surface area (Å²) in [6.07, 6.45) is 0. The fourth-order valence-corrected chi connectivity index (χ4v) is 2.26. The second kappa shape index (κ2) is 6.43. The van der Waals surface area contributed by atoms with Gasteiger partial charge in [0.1, 0.15) is 17.3 Å². The lowest BCUT2D eigenvalue weighted by molar-refractivity contribution is 0.103. The predicted octanol–water partition coefficient (Wildman–Crippen LogP) is 2.76. The highest BCUT2D eigenvalue weighted by Crippen LogP contribution is 2.22. The number of aliphatic hydroxyl groups is 1. The average molecular weight is 311 g/mol. The highest BCUT2D eigenvalue weighted by Gasteiger charge is 2.16. The fourth-order valence-electron chi connectivity index (χ4n) is 1.52. The number of anilines is 1. The van der Waals surface area contributed by atoms with Gasteiger partial charge in [0.15, 0.2) is 11.6 Å². The molecule has 0 unspecified atom stereocenters. The maximum absolute atomic E-state index is 13.5. The van der Waals surface area contributed by atoms with Gasteiger partial charge in [-0.2, -0.15) is 0 Å². The van der Waals surface area contributed by atoms with Crippen LogP contribution < -0.4 is 5.32 Å². The first-order valence-electron chi connectivity index (χ1n) is 5.66. The molecule has 2 aromatic rings. The number of carbonyl (C=O) groups is 1. The lowest BCUT2D eigenvalue weighted by Crippen LogP contribution is -2.13. The summed E-state index contributed by atoms with van der Waals surface area (Å²) < 4.78 is 39.3. The van der Waals surface area contributed by atoms with Crippen LogP contribution in [0.3, 0.4) is 0 Å². The molecule has 0 aliphatic rings. The quantitative estimate of drug-likeness (QED) is 0.662. The first-order valence-corrected chi connectivity index (χ1v) is 6.54. The zero-order chi connectivity index (χ0) is 15.4. The van der Waals surface area contributed by atoms with Crippen LogP contribution in [0.1, 0.15) is 15.2 Å². The maximum atomic E-state index is 13.5. The highest BCUT2D eigenvalue weighted by atomic mass is 32.1. The Bertz CT molecular complexity index is 746. The molecule has 0 atom stereocenters. The zero-order valence-corrected chi connectivity index (χ0v) is 11.2. The predicted molar refractivity (Wildman–Crippen MR) is 72.6 cm³/mol. The minimum absolute atomic E-state index is 0.181. The molecule has 108 valence electrons. The Balaban J connectivity index is 2.27. The van der Waals surface area contributed by atoms with Crippen molar-refractivity contribution >= 4 is 22.9 Å². The lowest BCUT2D eigenvalue weighted by atomic mass is 10.2. The van der Waals surface area contributed by atoms with Crippen LogP contribution in [0.15, 0.2) is 23.6 Å². The number of hydrogen-bond donors (Lipinski definition) is 2. The van der Waals surface area contributed by atoms with Crippen LogP contribution in [0.25, 0.3) is 0 Å². The summed E-state index contributed by atoms with van der Waals surface area (Å²) in [5.41, 5.74) is -0.108. The van der Waals surface area contributed by atoms with Gasteiger partial charge in [-0.1, -0.05) is 11.8 Å². The van der Waals surface area contributed by atoms with Crippen molar-refractivity contribution in [2.45, 2.75) is 0 Å². The highest BCUT2D eigenvalue weighted by molar-refractivity contribution is 7.12. The van der Waals surface area contributed by atoms with Crippen molar-refractivity contribution in [3.63, 3.8) is 0 Å². The number of nitrogens with one attached hydrogen (secondary N) is 1. The van der Waals surface area contributed by atoms with E-state index in [1.165, 1.54) is 0 Å². The van der Waals surface area contributed by atoms with E-state index < -0.39 is 29.0 Å². The van der Waals surface area contributed by atoms with E-state index in [1.807, 2.05) is 0 Å².